The quantitative estimate of drug-likeness (QED) is 0.666. The molecule has 0 bridgehead atoms. The monoisotopic (exact) mass is 443 g/mol. The van der Waals surface area contributed by atoms with Crippen LogP contribution < -0.4 is 9.47 Å². The SMILES string of the molecule is COc1ccc(S(=O)(=O)N2CCC(Cc3ccc(C(F)(F)F)cc3)CC2)cc1OC. The number of hydrogen-bond acceptors (Lipinski definition) is 4. The van der Waals surface area contributed by atoms with Crippen molar-refractivity contribution in [2.45, 2.75) is 30.3 Å². The molecule has 3 rings (SSSR count). The molecule has 0 aromatic heterocycles. The molecule has 1 aliphatic heterocycles. The number of nitrogens with zero attached hydrogens (tertiary/aromatic N) is 1. The number of benzene rings is 2. The van der Waals surface area contributed by atoms with Crippen molar-refractivity contribution in [2.24, 2.45) is 5.92 Å². The fourth-order valence-corrected chi connectivity index (χ4v) is 5.13. The van der Waals surface area contributed by atoms with Crippen LogP contribution in [0.5, 0.6) is 11.5 Å². The van der Waals surface area contributed by atoms with E-state index in [4.69, 9.17) is 9.47 Å². The Morgan fingerprint density at radius 1 is 0.967 bits per heavy atom. The van der Waals surface area contributed by atoms with E-state index in [0.29, 0.717) is 43.9 Å². The van der Waals surface area contributed by atoms with Gasteiger partial charge in [-0.15, -0.1) is 0 Å². The Bertz CT molecular complexity index is 967. The molecule has 0 unspecified atom stereocenters. The maximum absolute atomic E-state index is 13.0. The summed E-state index contributed by atoms with van der Waals surface area (Å²) < 4.78 is 75.8. The zero-order valence-corrected chi connectivity index (χ0v) is 17.6. The number of hydrogen-bond donors (Lipinski definition) is 0. The van der Waals surface area contributed by atoms with Crippen LogP contribution in [0.4, 0.5) is 13.2 Å². The fraction of sp³-hybridized carbons (Fsp3) is 0.429. The van der Waals surface area contributed by atoms with Crippen molar-refractivity contribution < 1.29 is 31.1 Å². The van der Waals surface area contributed by atoms with E-state index < -0.39 is 21.8 Å². The molecule has 1 saturated heterocycles. The van der Waals surface area contributed by atoms with Crippen LogP contribution >= 0.6 is 0 Å². The minimum absolute atomic E-state index is 0.140. The lowest BCUT2D eigenvalue weighted by Crippen LogP contribution is -2.38. The highest BCUT2D eigenvalue weighted by atomic mass is 32.2. The lowest BCUT2D eigenvalue weighted by atomic mass is 9.91. The summed E-state index contributed by atoms with van der Waals surface area (Å²) in [4.78, 5) is 0.140. The maximum atomic E-state index is 13.0. The van der Waals surface area contributed by atoms with Crippen molar-refractivity contribution in [3.63, 3.8) is 0 Å². The van der Waals surface area contributed by atoms with Crippen LogP contribution in [-0.2, 0) is 22.6 Å². The zero-order chi connectivity index (χ0) is 21.9. The number of alkyl halides is 3. The average molecular weight is 443 g/mol. The Hall–Kier alpha value is -2.26. The second-order valence-corrected chi connectivity index (χ2v) is 9.20. The van der Waals surface area contributed by atoms with Crippen LogP contribution in [0, 0.1) is 5.92 Å². The molecular formula is C21H24F3NO4S. The summed E-state index contributed by atoms with van der Waals surface area (Å²) >= 11 is 0. The van der Waals surface area contributed by atoms with Gasteiger partial charge in [-0.05, 0) is 55.0 Å². The Kier molecular flexibility index (Phi) is 6.62. The summed E-state index contributed by atoms with van der Waals surface area (Å²) in [6.07, 6.45) is -2.42. The standard InChI is InChI=1S/C21H24F3NO4S/c1-28-19-8-7-18(14-20(19)29-2)30(26,27)25-11-9-16(10-12-25)13-15-3-5-17(6-4-15)21(22,23)24/h3-8,14,16H,9-13H2,1-2H3. The number of halogens is 3. The average Bonchev–Trinajstić information content (AvgIpc) is 2.73. The Labute approximate surface area is 174 Å². The smallest absolute Gasteiger partial charge is 0.416 e. The number of sulfonamides is 1. The molecule has 164 valence electrons. The van der Waals surface area contributed by atoms with E-state index >= 15 is 0 Å². The summed E-state index contributed by atoms with van der Waals surface area (Å²) in [6, 6.07) is 9.67. The minimum Gasteiger partial charge on any atom is -0.493 e. The molecular weight excluding hydrogens is 419 g/mol. The third-order valence-corrected chi connectivity index (χ3v) is 7.27. The Balaban J connectivity index is 1.63. The first-order chi connectivity index (χ1) is 14.1. The van der Waals surface area contributed by atoms with E-state index in [2.05, 4.69) is 0 Å². The van der Waals surface area contributed by atoms with Crippen molar-refractivity contribution in [3.8, 4) is 11.5 Å². The summed E-state index contributed by atoms with van der Waals surface area (Å²) in [6.45, 7) is 0.726. The molecule has 1 fully saturated rings. The van der Waals surface area contributed by atoms with Crippen LogP contribution in [0.2, 0.25) is 0 Å². The van der Waals surface area contributed by atoms with Crippen LogP contribution in [0.1, 0.15) is 24.0 Å². The highest BCUT2D eigenvalue weighted by Crippen LogP contribution is 2.33. The summed E-state index contributed by atoms with van der Waals surface area (Å²) in [5.41, 5.74) is 0.159. The largest absolute Gasteiger partial charge is 0.493 e. The summed E-state index contributed by atoms with van der Waals surface area (Å²) in [7, 11) is -0.740. The Morgan fingerprint density at radius 3 is 2.10 bits per heavy atom. The van der Waals surface area contributed by atoms with E-state index in [9.17, 15) is 21.6 Å². The van der Waals surface area contributed by atoms with Gasteiger partial charge in [0.1, 0.15) is 0 Å². The first-order valence-corrected chi connectivity index (χ1v) is 11.0. The Morgan fingerprint density at radius 2 is 1.57 bits per heavy atom. The molecule has 0 atom stereocenters. The van der Waals surface area contributed by atoms with E-state index in [1.807, 2.05) is 0 Å². The second kappa shape index (κ2) is 8.85. The highest BCUT2D eigenvalue weighted by Gasteiger charge is 2.31. The molecule has 2 aromatic carbocycles. The van der Waals surface area contributed by atoms with Gasteiger partial charge in [0.25, 0.3) is 0 Å². The summed E-state index contributed by atoms with van der Waals surface area (Å²) in [5, 5.41) is 0. The van der Waals surface area contributed by atoms with Gasteiger partial charge in [-0.2, -0.15) is 17.5 Å². The van der Waals surface area contributed by atoms with Gasteiger partial charge in [0.15, 0.2) is 11.5 Å². The molecule has 0 amide bonds. The van der Waals surface area contributed by atoms with Crippen LogP contribution in [0.25, 0.3) is 0 Å². The van der Waals surface area contributed by atoms with Crippen LogP contribution in [-0.4, -0.2) is 40.0 Å². The van der Waals surface area contributed by atoms with Gasteiger partial charge in [-0.1, -0.05) is 12.1 Å². The van der Waals surface area contributed by atoms with Crippen molar-refractivity contribution in [1.82, 2.24) is 4.31 Å². The van der Waals surface area contributed by atoms with Gasteiger partial charge in [0.05, 0.1) is 24.7 Å². The minimum atomic E-state index is -4.34. The first-order valence-electron chi connectivity index (χ1n) is 9.53. The van der Waals surface area contributed by atoms with Gasteiger partial charge < -0.3 is 9.47 Å². The second-order valence-electron chi connectivity index (χ2n) is 7.26. The van der Waals surface area contributed by atoms with Gasteiger partial charge in [-0.25, -0.2) is 8.42 Å². The molecule has 0 spiro atoms. The van der Waals surface area contributed by atoms with E-state index in [0.717, 1.165) is 17.7 Å². The third-order valence-electron chi connectivity index (χ3n) is 5.37. The number of rotatable bonds is 6. The number of piperidine rings is 1. The topological polar surface area (TPSA) is 55.8 Å². The van der Waals surface area contributed by atoms with Crippen LogP contribution in [0.3, 0.4) is 0 Å². The number of ether oxygens (including phenoxy) is 2. The van der Waals surface area contributed by atoms with Crippen molar-refractivity contribution in [2.75, 3.05) is 27.3 Å². The molecule has 9 heteroatoms. The predicted octanol–water partition coefficient (Wildman–Crippen LogP) is 4.37. The molecule has 1 aliphatic rings. The van der Waals surface area contributed by atoms with E-state index in [-0.39, 0.29) is 10.8 Å². The molecule has 5 nitrogen and oxygen atoms in total. The van der Waals surface area contributed by atoms with Gasteiger partial charge in [-0.3, -0.25) is 0 Å². The third kappa shape index (κ3) is 4.89. The molecule has 2 aromatic rings. The van der Waals surface area contributed by atoms with Gasteiger partial charge in [0.2, 0.25) is 10.0 Å². The lowest BCUT2D eigenvalue weighted by molar-refractivity contribution is -0.137. The van der Waals surface area contributed by atoms with E-state index in [1.165, 1.54) is 42.8 Å². The van der Waals surface area contributed by atoms with Gasteiger partial charge in [0, 0.05) is 19.2 Å². The molecule has 0 aliphatic carbocycles. The van der Waals surface area contributed by atoms with Gasteiger partial charge >= 0.3 is 6.18 Å². The van der Waals surface area contributed by atoms with E-state index in [1.54, 1.807) is 6.07 Å². The zero-order valence-electron chi connectivity index (χ0n) is 16.8. The lowest BCUT2D eigenvalue weighted by Gasteiger charge is -2.31. The molecule has 1 heterocycles. The molecule has 0 N–H and O–H groups in total. The molecule has 0 radical (unpaired) electrons. The first kappa shape index (κ1) is 22.4. The highest BCUT2D eigenvalue weighted by molar-refractivity contribution is 7.89. The van der Waals surface area contributed by atoms with Crippen LogP contribution in [0.15, 0.2) is 47.4 Å². The normalized spacial score (nSPS) is 16.4. The molecule has 0 saturated carbocycles. The number of methoxy groups -OCH3 is 2. The fourth-order valence-electron chi connectivity index (χ4n) is 3.64. The van der Waals surface area contributed by atoms with Crippen molar-refractivity contribution in [3.05, 3.63) is 53.6 Å². The maximum Gasteiger partial charge on any atom is 0.416 e. The predicted molar refractivity (Wildman–Crippen MR) is 106 cm³/mol. The molecule has 30 heavy (non-hydrogen) atoms. The van der Waals surface area contributed by atoms with Crippen molar-refractivity contribution >= 4 is 10.0 Å². The van der Waals surface area contributed by atoms with Crippen molar-refractivity contribution in [1.29, 1.82) is 0 Å². The summed E-state index contributed by atoms with van der Waals surface area (Å²) in [5.74, 6) is 1.01.